The van der Waals surface area contributed by atoms with Gasteiger partial charge in [-0.1, -0.05) is 19.1 Å². The Morgan fingerprint density at radius 2 is 1.89 bits per heavy atom. The summed E-state index contributed by atoms with van der Waals surface area (Å²) >= 11 is 0. The molecular weight excluding hydrogens is 230 g/mol. The van der Waals surface area contributed by atoms with Gasteiger partial charge in [-0.25, -0.2) is 4.79 Å². The number of aliphatic hydroxyl groups excluding tert-OH is 1. The number of rotatable bonds is 3. The quantitative estimate of drug-likeness (QED) is 0.867. The van der Waals surface area contributed by atoms with E-state index >= 15 is 0 Å². The Labute approximate surface area is 108 Å². The highest BCUT2D eigenvalue weighted by Gasteiger charge is 2.16. The summed E-state index contributed by atoms with van der Waals surface area (Å²) in [5.74, 6) is 0.0978. The van der Waals surface area contributed by atoms with Gasteiger partial charge in [0.1, 0.15) is 5.60 Å². The van der Waals surface area contributed by atoms with Crippen LogP contribution in [0, 0.1) is 0 Å². The highest BCUT2D eigenvalue weighted by atomic mass is 16.6. The Bertz CT molecular complexity index is 392. The van der Waals surface area contributed by atoms with Crippen LogP contribution in [0.4, 0.5) is 10.5 Å². The van der Waals surface area contributed by atoms with Crippen LogP contribution in [0.1, 0.15) is 39.2 Å². The van der Waals surface area contributed by atoms with E-state index in [1.54, 1.807) is 12.1 Å². The van der Waals surface area contributed by atoms with Crippen molar-refractivity contribution in [1.82, 2.24) is 0 Å². The number of hydrogen-bond acceptors (Lipinski definition) is 3. The summed E-state index contributed by atoms with van der Waals surface area (Å²) in [6.45, 7) is 7.50. The van der Waals surface area contributed by atoms with E-state index < -0.39 is 11.7 Å². The molecule has 1 unspecified atom stereocenters. The molecule has 100 valence electrons. The first-order valence-electron chi connectivity index (χ1n) is 6.02. The standard InChI is InChI=1S/C14H21NO3/c1-10(9-16)11-5-7-12(8-6-11)15-13(17)18-14(2,3)4/h5-8,10,16H,9H2,1-4H3,(H,15,17). The van der Waals surface area contributed by atoms with Crippen molar-refractivity contribution in [2.75, 3.05) is 11.9 Å². The van der Waals surface area contributed by atoms with Crippen LogP contribution >= 0.6 is 0 Å². The number of carbonyl (C=O) groups is 1. The third-order valence-corrected chi connectivity index (χ3v) is 2.40. The van der Waals surface area contributed by atoms with E-state index in [1.807, 2.05) is 39.8 Å². The van der Waals surface area contributed by atoms with Gasteiger partial charge in [0.25, 0.3) is 0 Å². The fourth-order valence-electron chi connectivity index (χ4n) is 1.42. The molecule has 0 saturated heterocycles. The maximum Gasteiger partial charge on any atom is 0.412 e. The highest BCUT2D eigenvalue weighted by Crippen LogP contribution is 2.18. The number of ether oxygens (including phenoxy) is 1. The minimum absolute atomic E-state index is 0.0978. The molecular formula is C14H21NO3. The van der Waals surface area contributed by atoms with Gasteiger partial charge in [-0.05, 0) is 38.5 Å². The first-order chi connectivity index (χ1) is 8.31. The zero-order chi connectivity index (χ0) is 13.8. The lowest BCUT2D eigenvalue weighted by atomic mass is 10.0. The SMILES string of the molecule is CC(CO)c1ccc(NC(=O)OC(C)(C)C)cc1. The van der Waals surface area contributed by atoms with Crippen molar-refractivity contribution >= 4 is 11.8 Å². The average molecular weight is 251 g/mol. The van der Waals surface area contributed by atoms with Crippen LogP contribution in [0.3, 0.4) is 0 Å². The zero-order valence-electron chi connectivity index (χ0n) is 11.4. The van der Waals surface area contributed by atoms with Crippen molar-refractivity contribution < 1.29 is 14.6 Å². The molecule has 1 aromatic carbocycles. The summed E-state index contributed by atoms with van der Waals surface area (Å²) in [6, 6.07) is 7.36. The van der Waals surface area contributed by atoms with Crippen molar-refractivity contribution in [3.05, 3.63) is 29.8 Å². The third-order valence-electron chi connectivity index (χ3n) is 2.40. The second-order valence-corrected chi connectivity index (χ2v) is 5.33. The molecule has 1 amide bonds. The lowest BCUT2D eigenvalue weighted by Crippen LogP contribution is -2.27. The lowest BCUT2D eigenvalue weighted by molar-refractivity contribution is 0.0636. The van der Waals surface area contributed by atoms with E-state index in [9.17, 15) is 4.79 Å². The Morgan fingerprint density at radius 1 is 1.33 bits per heavy atom. The predicted molar refractivity (Wildman–Crippen MR) is 71.8 cm³/mol. The summed E-state index contributed by atoms with van der Waals surface area (Å²) in [6.07, 6.45) is -0.467. The topological polar surface area (TPSA) is 58.6 Å². The summed E-state index contributed by atoms with van der Waals surface area (Å²) in [7, 11) is 0. The summed E-state index contributed by atoms with van der Waals surface area (Å²) in [5.41, 5.74) is 1.21. The molecule has 0 spiro atoms. The molecule has 4 heteroatoms. The molecule has 1 aromatic rings. The number of amides is 1. The van der Waals surface area contributed by atoms with E-state index in [0.717, 1.165) is 5.56 Å². The molecule has 0 aliphatic heterocycles. The van der Waals surface area contributed by atoms with Gasteiger partial charge < -0.3 is 9.84 Å². The fraction of sp³-hybridized carbons (Fsp3) is 0.500. The summed E-state index contributed by atoms with van der Waals surface area (Å²) in [5, 5.41) is 11.7. The average Bonchev–Trinajstić information content (AvgIpc) is 2.26. The molecule has 0 bridgehead atoms. The smallest absolute Gasteiger partial charge is 0.412 e. The van der Waals surface area contributed by atoms with Crippen molar-refractivity contribution in [2.45, 2.75) is 39.2 Å². The van der Waals surface area contributed by atoms with Crippen molar-refractivity contribution in [3.8, 4) is 0 Å². The van der Waals surface area contributed by atoms with Gasteiger partial charge in [-0.3, -0.25) is 5.32 Å². The minimum Gasteiger partial charge on any atom is -0.444 e. The van der Waals surface area contributed by atoms with Crippen molar-refractivity contribution in [2.24, 2.45) is 0 Å². The maximum atomic E-state index is 11.5. The van der Waals surface area contributed by atoms with Gasteiger partial charge in [-0.2, -0.15) is 0 Å². The number of anilines is 1. The molecule has 1 atom stereocenters. The molecule has 0 aliphatic rings. The van der Waals surface area contributed by atoms with Gasteiger partial charge in [0, 0.05) is 18.2 Å². The van der Waals surface area contributed by atoms with Gasteiger partial charge in [0.15, 0.2) is 0 Å². The summed E-state index contributed by atoms with van der Waals surface area (Å²) < 4.78 is 5.15. The maximum absolute atomic E-state index is 11.5. The number of carbonyl (C=O) groups excluding carboxylic acids is 1. The first kappa shape index (κ1) is 14.5. The minimum atomic E-state index is -0.505. The third kappa shape index (κ3) is 4.75. The molecule has 18 heavy (non-hydrogen) atoms. The normalized spacial score (nSPS) is 12.9. The Kier molecular flexibility index (Phi) is 4.73. The fourth-order valence-corrected chi connectivity index (χ4v) is 1.42. The van der Waals surface area contributed by atoms with Gasteiger partial charge in [-0.15, -0.1) is 0 Å². The van der Waals surface area contributed by atoms with E-state index in [2.05, 4.69) is 5.32 Å². The van der Waals surface area contributed by atoms with E-state index in [-0.39, 0.29) is 12.5 Å². The number of nitrogens with one attached hydrogen (secondary N) is 1. The molecule has 4 nitrogen and oxygen atoms in total. The first-order valence-corrected chi connectivity index (χ1v) is 6.02. The van der Waals surface area contributed by atoms with Crippen molar-refractivity contribution in [1.29, 1.82) is 0 Å². The van der Waals surface area contributed by atoms with Gasteiger partial charge in [0.05, 0.1) is 0 Å². The molecule has 0 aromatic heterocycles. The molecule has 0 radical (unpaired) electrons. The summed E-state index contributed by atoms with van der Waals surface area (Å²) in [4.78, 5) is 11.5. The van der Waals surface area contributed by atoms with E-state index in [1.165, 1.54) is 0 Å². The van der Waals surface area contributed by atoms with Crippen LogP contribution < -0.4 is 5.32 Å². The molecule has 0 saturated carbocycles. The van der Waals surface area contributed by atoms with Crippen molar-refractivity contribution in [3.63, 3.8) is 0 Å². The highest BCUT2D eigenvalue weighted by molar-refractivity contribution is 5.84. The van der Waals surface area contributed by atoms with Crippen LogP contribution in [0.25, 0.3) is 0 Å². The van der Waals surface area contributed by atoms with Crippen LogP contribution in [0.5, 0.6) is 0 Å². The second-order valence-electron chi connectivity index (χ2n) is 5.33. The van der Waals surface area contributed by atoms with Gasteiger partial charge in [0.2, 0.25) is 0 Å². The molecule has 0 aliphatic carbocycles. The lowest BCUT2D eigenvalue weighted by Gasteiger charge is -2.19. The number of aliphatic hydroxyl groups is 1. The Balaban J connectivity index is 2.61. The van der Waals surface area contributed by atoms with E-state index in [0.29, 0.717) is 5.69 Å². The molecule has 2 N–H and O–H groups in total. The van der Waals surface area contributed by atoms with Gasteiger partial charge >= 0.3 is 6.09 Å². The largest absolute Gasteiger partial charge is 0.444 e. The van der Waals surface area contributed by atoms with Crippen LogP contribution in [-0.2, 0) is 4.74 Å². The predicted octanol–water partition coefficient (Wildman–Crippen LogP) is 3.13. The van der Waals surface area contributed by atoms with Crippen LogP contribution in [0.15, 0.2) is 24.3 Å². The molecule has 0 fully saturated rings. The molecule has 1 rings (SSSR count). The zero-order valence-corrected chi connectivity index (χ0v) is 11.4. The number of hydrogen-bond donors (Lipinski definition) is 2. The Hall–Kier alpha value is -1.55. The Morgan fingerprint density at radius 3 is 2.33 bits per heavy atom. The molecule has 0 heterocycles. The van der Waals surface area contributed by atoms with E-state index in [4.69, 9.17) is 9.84 Å². The second kappa shape index (κ2) is 5.87. The number of benzene rings is 1. The van der Waals surface area contributed by atoms with Crippen LogP contribution in [-0.4, -0.2) is 23.4 Å². The van der Waals surface area contributed by atoms with Crippen LogP contribution in [0.2, 0.25) is 0 Å². The monoisotopic (exact) mass is 251 g/mol.